The molecule has 0 spiro atoms. The smallest absolute Gasteiger partial charge is 0.225 e. The number of nitrogens with one attached hydrogen (secondary N) is 3. The number of carbonyl (C=O) groups excluding carboxylic acids is 3. The molecule has 0 aliphatic rings. The van der Waals surface area contributed by atoms with Crippen LogP contribution >= 0.6 is 21.6 Å². The number of ether oxygens (including phenoxy) is 1. The molecule has 7 nitrogen and oxygen atoms in total. The summed E-state index contributed by atoms with van der Waals surface area (Å²) in [6, 6.07) is 0.116. The second-order valence-corrected chi connectivity index (χ2v) is 13.4. The molecule has 0 unspecified atom stereocenters. The zero-order valence-corrected chi connectivity index (χ0v) is 24.7. The molecule has 0 rings (SSSR count). The van der Waals surface area contributed by atoms with Crippen molar-refractivity contribution < 1.29 is 37.7 Å². The Balaban J connectivity index is 0. The minimum Gasteiger partial charge on any atom is -0.668 e. The van der Waals surface area contributed by atoms with E-state index in [1.165, 1.54) is 0 Å². The van der Waals surface area contributed by atoms with Crippen LogP contribution in [0.3, 0.4) is 0 Å². The van der Waals surface area contributed by atoms with Crippen LogP contribution < -0.4 is 10.6 Å². The van der Waals surface area contributed by atoms with Crippen molar-refractivity contribution in [3.63, 3.8) is 0 Å². The van der Waals surface area contributed by atoms with Gasteiger partial charge in [-0.2, -0.15) is 0 Å². The molecular formula is C23H44N3O4S2V-. The van der Waals surface area contributed by atoms with Crippen molar-refractivity contribution >= 4 is 39.3 Å². The van der Waals surface area contributed by atoms with Gasteiger partial charge in [0, 0.05) is 66.0 Å². The number of hydrogen-bond donors (Lipinski definition) is 2. The molecule has 0 atom stereocenters. The van der Waals surface area contributed by atoms with Gasteiger partial charge in [0.15, 0.2) is 0 Å². The van der Waals surface area contributed by atoms with Crippen LogP contribution in [0.2, 0.25) is 0 Å². The quantitative estimate of drug-likeness (QED) is 0.195. The molecular weight excluding hydrogens is 497 g/mol. The Morgan fingerprint density at radius 3 is 2.12 bits per heavy atom. The summed E-state index contributed by atoms with van der Waals surface area (Å²) >= 11 is 0. The van der Waals surface area contributed by atoms with Gasteiger partial charge in [0.1, 0.15) is 0 Å². The number of hydrogen-bond acceptors (Lipinski definition) is 6. The fourth-order valence-corrected chi connectivity index (χ4v) is 5.17. The molecule has 0 aromatic rings. The molecule has 33 heavy (non-hydrogen) atoms. The van der Waals surface area contributed by atoms with Gasteiger partial charge >= 0.3 is 0 Å². The Morgan fingerprint density at radius 2 is 1.58 bits per heavy atom. The first-order valence-corrected chi connectivity index (χ1v) is 13.6. The van der Waals surface area contributed by atoms with Crippen molar-refractivity contribution in [1.29, 1.82) is 0 Å². The number of rotatable bonds is 17. The molecule has 3 N–H and O–H groups in total. The second kappa shape index (κ2) is 16.3. The van der Waals surface area contributed by atoms with Gasteiger partial charge in [0.05, 0.1) is 5.60 Å². The van der Waals surface area contributed by atoms with E-state index in [1.54, 1.807) is 21.6 Å². The Hall–Kier alpha value is -0.346. The van der Waals surface area contributed by atoms with E-state index >= 15 is 0 Å². The molecule has 0 aromatic heterocycles. The standard InChI is InChI=1S/C23H45N3O4S2.V/c1-17(2)26-20(29)21(3,4)13-15-30-22(5,6)12-14-25-19(28)10-16-31-32-23(7,8)11-9-18(24)27;/h17H,9-16H2,1-8H3,(H4,24,25,26,27,28,29);/p-1. The Labute approximate surface area is 220 Å². The molecule has 3 amide bonds. The van der Waals surface area contributed by atoms with Crippen molar-refractivity contribution in [3.05, 3.63) is 5.73 Å². The van der Waals surface area contributed by atoms with Crippen molar-refractivity contribution in [1.82, 2.24) is 10.6 Å². The average molecular weight is 542 g/mol. The second-order valence-electron chi connectivity index (χ2n) is 10.3. The van der Waals surface area contributed by atoms with E-state index in [0.717, 1.165) is 0 Å². The van der Waals surface area contributed by atoms with E-state index in [2.05, 4.69) is 10.6 Å². The fourth-order valence-electron chi connectivity index (χ4n) is 2.61. The minimum atomic E-state index is -0.532. The number of carbonyl (C=O) groups is 3. The van der Waals surface area contributed by atoms with Crippen molar-refractivity contribution in [3.8, 4) is 0 Å². The van der Waals surface area contributed by atoms with Gasteiger partial charge in [-0.1, -0.05) is 35.4 Å². The van der Waals surface area contributed by atoms with Crippen LogP contribution in [0.5, 0.6) is 0 Å². The first kappa shape index (κ1) is 34.8. The maximum atomic E-state index is 12.3. The van der Waals surface area contributed by atoms with Crippen LogP contribution in [-0.2, 0) is 37.7 Å². The maximum Gasteiger partial charge on any atom is 0.225 e. The molecule has 0 heterocycles. The van der Waals surface area contributed by atoms with Gasteiger partial charge in [-0.3, -0.25) is 9.59 Å². The number of amides is 3. The molecule has 0 saturated heterocycles. The Morgan fingerprint density at radius 1 is 0.970 bits per heavy atom. The molecule has 1 radical (unpaired) electrons. The van der Waals surface area contributed by atoms with Crippen LogP contribution in [0.25, 0.3) is 5.73 Å². The third kappa shape index (κ3) is 18.6. The monoisotopic (exact) mass is 541 g/mol. The molecule has 193 valence electrons. The summed E-state index contributed by atoms with van der Waals surface area (Å²) in [5.74, 6) is 0.211. The van der Waals surface area contributed by atoms with Gasteiger partial charge in [-0.05, 0) is 67.2 Å². The molecule has 0 aliphatic heterocycles. The normalized spacial score (nSPS) is 12.3. The fraction of sp³-hybridized carbons (Fsp3) is 0.870. The van der Waals surface area contributed by atoms with Crippen LogP contribution in [-0.4, -0.2) is 53.0 Å². The third-order valence-electron chi connectivity index (χ3n) is 4.95. The molecule has 0 saturated carbocycles. The molecule has 0 bridgehead atoms. The molecule has 0 aliphatic carbocycles. The van der Waals surface area contributed by atoms with Gasteiger partial charge in [0.2, 0.25) is 11.8 Å². The summed E-state index contributed by atoms with van der Waals surface area (Å²) in [4.78, 5) is 35.2. The maximum absolute atomic E-state index is 12.3. The summed E-state index contributed by atoms with van der Waals surface area (Å²) in [5.41, 5.74) is 6.13. The molecule has 0 aromatic carbocycles. The van der Waals surface area contributed by atoms with E-state index < -0.39 is 11.3 Å². The van der Waals surface area contributed by atoms with Crippen molar-refractivity contribution in [2.75, 3.05) is 18.9 Å². The van der Waals surface area contributed by atoms with Gasteiger partial charge in [-0.25, -0.2) is 0 Å². The average Bonchev–Trinajstić information content (AvgIpc) is 2.62. The minimum absolute atomic E-state index is 0. The first-order valence-electron chi connectivity index (χ1n) is 11.3. The molecule has 10 heteroatoms. The van der Waals surface area contributed by atoms with Crippen molar-refractivity contribution in [2.45, 2.75) is 104 Å². The summed E-state index contributed by atoms with van der Waals surface area (Å²) < 4.78 is 5.91. The predicted molar refractivity (Wildman–Crippen MR) is 137 cm³/mol. The van der Waals surface area contributed by atoms with E-state index in [0.29, 0.717) is 44.6 Å². The zero-order valence-electron chi connectivity index (χ0n) is 21.6. The summed E-state index contributed by atoms with van der Waals surface area (Å²) in [6.45, 7) is 16.9. The van der Waals surface area contributed by atoms with Gasteiger partial charge < -0.3 is 25.9 Å². The summed E-state index contributed by atoms with van der Waals surface area (Å²) in [7, 11) is 3.28. The third-order valence-corrected chi connectivity index (χ3v) is 8.31. The summed E-state index contributed by atoms with van der Waals surface area (Å²) in [6.07, 6.45) is 2.68. The van der Waals surface area contributed by atoms with E-state index in [9.17, 15) is 14.4 Å². The Kier molecular flexibility index (Phi) is 17.3. The van der Waals surface area contributed by atoms with E-state index in [-0.39, 0.29) is 53.2 Å². The zero-order chi connectivity index (χ0) is 25.0. The summed E-state index contributed by atoms with van der Waals surface area (Å²) in [5, 5.41) is 5.90. The predicted octanol–water partition coefficient (Wildman–Crippen LogP) is 5.14. The van der Waals surface area contributed by atoms with Gasteiger partial charge in [0.25, 0.3) is 0 Å². The van der Waals surface area contributed by atoms with Gasteiger partial charge in [-0.15, -0.1) is 0 Å². The molecule has 0 fully saturated rings. The van der Waals surface area contributed by atoms with Crippen LogP contribution in [0.1, 0.15) is 87.5 Å². The van der Waals surface area contributed by atoms with Crippen LogP contribution in [0, 0.1) is 5.41 Å². The Bertz CT molecular complexity index is 615. The largest absolute Gasteiger partial charge is 0.668 e. The first-order chi connectivity index (χ1) is 14.6. The van der Waals surface area contributed by atoms with Crippen molar-refractivity contribution in [2.24, 2.45) is 5.41 Å². The van der Waals surface area contributed by atoms with Crippen LogP contribution in [0.15, 0.2) is 0 Å². The van der Waals surface area contributed by atoms with E-state index in [1.807, 2.05) is 55.4 Å². The van der Waals surface area contributed by atoms with Crippen LogP contribution in [0.4, 0.5) is 0 Å². The SMILES string of the molecule is CC(C)NC(=O)C(C)(C)CCOC(C)(C)CCNC(=O)CCSSC(C)(C)CCC([NH-])=O.[V]. The van der Waals surface area contributed by atoms with E-state index in [4.69, 9.17) is 10.5 Å². The topological polar surface area (TPSA) is 108 Å².